The minimum absolute atomic E-state index is 0.125. The summed E-state index contributed by atoms with van der Waals surface area (Å²) in [6, 6.07) is 9.85. The van der Waals surface area contributed by atoms with Gasteiger partial charge in [-0.15, -0.1) is 0 Å². The van der Waals surface area contributed by atoms with Crippen LogP contribution < -0.4 is 5.32 Å². The van der Waals surface area contributed by atoms with Gasteiger partial charge in [0.25, 0.3) is 0 Å². The number of benzene rings is 2. The summed E-state index contributed by atoms with van der Waals surface area (Å²) in [7, 11) is 0. The lowest BCUT2D eigenvalue weighted by molar-refractivity contribution is 0.499. The zero-order valence-electron chi connectivity index (χ0n) is 12.1. The predicted octanol–water partition coefficient (Wildman–Crippen LogP) is 4.93. The summed E-state index contributed by atoms with van der Waals surface area (Å²) in [6.45, 7) is 4.72. The normalized spacial score (nSPS) is 12.4. The summed E-state index contributed by atoms with van der Waals surface area (Å²) in [6.07, 6.45) is 0.280. The molecule has 21 heavy (non-hydrogen) atoms. The Kier molecular flexibility index (Phi) is 5.48. The molecule has 0 heterocycles. The van der Waals surface area contributed by atoms with Gasteiger partial charge in [0.05, 0.1) is 0 Å². The van der Waals surface area contributed by atoms with E-state index in [4.69, 9.17) is 0 Å². The quantitative estimate of drug-likeness (QED) is 0.803. The van der Waals surface area contributed by atoms with E-state index in [2.05, 4.69) is 21.2 Å². The third kappa shape index (κ3) is 3.89. The van der Waals surface area contributed by atoms with Crippen molar-refractivity contribution < 1.29 is 8.78 Å². The van der Waals surface area contributed by atoms with Crippen molar-refractivity contribution in [3.8, 4) is 0 Å². The van der Waals surface area contributed by atoms with E-state index in [0.717, 1.165) is 22.1 Å². The second-order valence-corrected chi connectivity index (χ2v) is 5.88. The molecule has 0 aliphatic heterocycles. The Morgan fingerprint density at radius 1 is 1.14 bits per heavy atom. The Bertz CT molecular complexity index is 608. The van der Waals surface area contributed by atoms with Crippen LogP contribution in [-0.2, 0) is 6.42 Å². The molecule has 1 unspecified atom stereocenters. The van der Waals surface area contributed by atoms with Crippen molar-refractivity contribution >= 4 is 15.9 Å². The lowest BCUT2D eigenvalue weighted by atomic mass is 9.97. The van der Waals surface area contributed by atoms with E-state index in [-0.39, 0.29) is 18.0 Å². The van der Waals surface area contributed by atoms with Gasteiger partial charge in [-0.3, -0.25) is 0 Å². The van der Waals surface area contributed by atoms with Crippen molar-refractivity contribution in [2.45, 2.75) is 26.3 Å². The lowest BCUT2D eigenvalue weighted by Gasteiger charge is -2.20. The van der Waals surface area contributed by atoms with Gasteiger partial charge in [-0.05, 0) is 49.2 Å². The molecule has 1 N–H and O–H groups in total. The highest BCUT2D eigenvalue weighted by Crippen LogP contribution is 2.26. The molecule has 2 aromatic carbocycles. The fraction of sp³-hybridized carbons (Fsp3) is 0.294. The van der Waals surface area contributed by atoms with Gasteiger partial charge in [0.2, 0.25) is 0 Å². The van der Waals surface area contributed by atoms with Crippen LogP contribution >= 0.6 is 15.9 Å². The first kappa shape index (κ1) is 16.1. The van der Waals surface area contributed by atoms with Gasteiger partial charge in [0, 0.05) is 16.1 Å². The Morgan fingerprint density at radius 2 is 1.81 bits per heavy atom. The SMILES string of the molecule is CCNC(Cc1c(F)cccc1F)c1ccc(C)c(Br)c1. The van der Waals surface area contributed by atoms with Crippen LogP contribution in [0, 0.1) is 18.6 Å². The number of likely N-dealkylation sites (N-methyl/N-ethyl adjacent to an activating group) is 1. The number of rotatable bonds is 5. The van der Waals surface area contributed by atoms with Crippen molar-refractivity contribution in [2.75, 3.05) is 6.54 Å². The Balaban J connectivity index is 2.33. The van der Waals surface area contributed by atoms with E-state index in [1.54, 1.807) is 0 Å². The molecular weight excluding hydrogens is 336 g/mol. The van der Waals surface area contributed by atoms with Crippen LogP contribution in [0.15, 0.2) is 40.9 Å². The average Bonchev–Trinajstić information content (AvgIpc) is 2.45. The summed E-state index contributed by atoms with van der Waals surface area (Å²) in [5.74, 6) is -0.992. The van der Waals surface area contributed by atoms with Crippen molar-refractivity contribution in [1.29, 1.82) is 0 Å². The van der Waals surface area contributed by atoms with Crippen molar-refractivity contribution in [3.05, 3.63) is 69.2 Å². The fourth-order valence-electron chi connectivity index (χ4n) is 2.31. The summed E-state index contributed by atoms with van der Waals surface area (Å²) in [5.41, 5.74) is 2.27. The molecule has 0 saturated heterocycles. The Labute approximate surface area is 132 Å². The summed E-state index contributed by atoms with van der Waals surface area (Å²) in [5, 5.41) is 3.29. The number of aryl methyl sites for hydroxylation is 1. The highest BCUT2D eigenvalue weighted by Gasteiger charge is 2.17. The molecule has 1 atom stereocenters. The highest BCUT2D eigenvalue weighted by atomic mass is 79.9. The number of hydrogen-bond donors (Lipinski definition) is 1. The van der Waals surface area contributed by atoms with E-state index in [9.17, 15) is 8.78 Å². The number of nitrogens with one attached hydrogen (secondary N) is 1. The monoisotopic (exact) mass is 353 g/mol. The van der Waals surface area contributed by atoms with Crippen molar-refractivity contribution in [2.24, 2.45) is 0 Å². The van der Waals surface area contributed by atoms with Crippen molar-refractivity contribution in [1.82, 2.24) is 5.32 Å². The minimum Gasteiger partial charge on any atom is -0.310 e. The minimum atomic E-state index is -0.496. The molecule has 0 fully saturated rings. The van der Waals surface area contributed by atoms with E-state index in [1.807, 2.05) is 32.0 Å². The number of hydrogen-bond acceptors (Lipinski definition) is 1. The molecule has 2 aromatic rings. The van der Waals surface area contributed by atoms with Gasteiger partial charge < -0.3 is 5.32 Å². The fourth-order valence-corrected chi connectivity index (χ4v) is 2.71. The van der Waals surface area contributed by atoms with Crippen LogP contribution in [-0.4, -0.2) is 6.54 Å². The first-order valence-electron chi connectivity index (χ1n) is 6.95. The summed E-state index contributed by atoms with van der Waals surface area (Å²) < 4.78 is 28.7. The molecule has 2 rings (SSSR count). The average molecular weight is 354 g/mol. The molecule has 0 aliphatic carbocycles. The van der Waals surface area contributed by atoms with Gasteiger partial charge in [-0.2, -0.15) is 0 Å². The van der Waals surface area contributed by atoms with Crippen LogP contribution in [0.4, 0.5) is 8.78 Å². The number of halogens is 3. The zero-order chi connectivity index (χ0) is 15.4. The maximum Gasteiger partial charge on any atom is 0.129 e. The van der Waals surface area contributed by atoms with Gasteiger partial charge in [0.15, 0.2) is 0 Å². The molecular formula is C17H18BrF2N. The molecule has 112 valence electrons. The maximum atomic E-state index is 13.8. The van der Waals surface area contributed by atoms with Crippen LogP contribution in [0.25, 0.3) is 0 Å². The van der Waals surface area contributed by atoms with Gasteiger partial charge in [-0.25, -0.2) is 8.78 Å². The highest BCUT2D eigenvalue weighted by molar-refractivity contribution is 9.10. The molecule has 1 nitrogen and oxygen atoms in total. The topological polar surface area (TPSA) is 12.0 Å². The van der Waals surface area contributed by atoms with Crippen LogP contribution in [0.3, 0.4) is 0 Å². The molecule has 0 aliphatic rings. The van der Waals surface area contributed by atoms with Crippen LogP contribution in [0.5, 0.6) is 0 Å². The molecule has 0 radical (unpaired) electrons. The van der Waals surface area contributed by atoms with E-state index < -0.39 is 11.6 Å². The largest absolute Gasteiger partial charge is 0.310 e. The van der Waals surface area contributed by atoms with Gasteiger partial charge in [-0.1, -0.05) is 41.1 Å². The second kappa shape index (κ2) is 7.14. The van der Waals surface area contributed by atoms with E-state index >= 15 is 0 Å². The maximum absolute atomic E-state index is 13.8. The Hall–Kier alpha value is -1.26. The first-order valence-corrected chi connectivity index (χ1v) is 7.74. The van der Waals surface area contributed by atoms with Crippen molar-refractivity contribution in [3.63, 3.8) is 0 Å². The van der Waals surface area contributed by atoms with E-state index in [0.29, 0.717) is 0 Å². The molecule has 0 spiro atoms. The molecule has 0 aromatic heterocycles. The lowest BCUT2D eigenvalue weighted by Crippen LogP contribution is -2.24. The van der Waals surface area contributed by atoms with Gasteiger partial charge >= 0.3 is 0 Å². The summed E-state index contributed by atoms with van der Waals surface area (Å²) in [4.78, 5) is 0. The third-order valence-corrected chi connectivity index (χ3v) is 4.37. The van der Waals surface area contributed by atoms with E-state index in [1.165, 1.54) is 18.2 Å². The van der Waals surface area contributed by atoms with Crippen LogP contribution in [0.1, 0.15) is 29.7 Å². The first-order chi connectivity index (χ1) is 10.0. The Morgan fingerprint density at radius 3 is 2.38 bits per heavy atom. The predicted molar refractivity (Wildman–Crippen MR) is 85.4 cm³/mol. The smallest absolute Gasteiger partial charge is 0.129 e. The standard InChI is InChI=1S/C17H18BrF2N/c1-3-21-17(12-8-7-11(2)14(18)9-12)10-13-15(19)5-4-6-16(13)20/h4-9,17,21H,3,10H2,1-2H3. The van der Waals surface area contributed by atoms with Gasteiger partial charge in [0.1, 0.15) is 11.6 Å². The second-order valence-electron chi connectivity index (χ2n) is 5.02. The third-order valence-electron chi connectivity index (χ3n) is 3.52. The molecule has 0 bridgehead atoms. The molecule has 0 saturated carbocycles. The zero-order valence-corrected chi connectivity index (χ0v) is 13.7. The molecule has 0 amide bonds. The molecule has 4 heteroatoms. The van der Waals surface area contributed by atoms with Crippen LogP contribution in [0.2, 0.25) is 0 Å². The summed E-state index contributed by atoms with van der Waals surface area (Å²) >= 11 is 3.50.